The molecule has 3 rings (SSSR count). The summed E-state index contributed by atoms with van der Waals surface area (Å²) in [7, 11) is 0. The van der Waals surface area contributed by atoms with Crippen molar-refractivity contribution in [3.05, 3.63) is 47.0 Å². The first kappa shape index (κ1) is 19.0. The Labute approximate surface area is 161 Å². The first-order valence-corrected chi connectivity index (χ1v) is 9.65. The quantitative estimate of drug-likeness (QED) is 0.736. The Kier molecular flexibility index (Phi) is 6.18. The van der Waals surface area contributed by atoms with E-state index in [0.29, 0.717) is 30.5 Å². The van der Waals surface area contributed by atoms with E-state index in [1.54, 1.807) is 17.2 Å². The van der Waals surface area contributed by atoms with Crippen LogP contribution in [0.5, 0.6) is 0 Å². The van der Waals surface area contributed by atoms with Gasteiger partial charge in [0.25, 0.3) is 0 Å². The van der Waals surface area contributed by atoms with Crippen LogP contribution in [0.3, 0.4) is 0 Å². The lowest BCUT2D eigenvalue weighted by atomic mass is 10.1. The maximum absolute atomic E-state index is 12.5. The minimum atomic E-state index is -0.404. The number of esters is 1. The number of hydrogen-bond acceptors (Lipinski definition) is 6. The first-order valence-electron chi connectivity index (χ1n) is 8.77. The van der Waals surface area contributed by atoms with Crippen LogP contribution < -0.4 is 5.32 Å². The van der Waals surface area contributed by atoms with E-state index >= 15 is 0 Å². The van der Waals surface area contributed by atoms with Gasteiger partial charge in [-0.1, -0.05) is 30.3 Å². The minimum absolute atomic E-state index is 0.0267. The van der Waals surface area contributed by atoms with Crippen LogP contribution in [0.2, 0.25) is 0 Å². The van der Waals surface area contributed by atoms with E-state index in [1.807, 2.05) is 30.3 Å². The highest BCUT2D eigenvalue weighted by Gasteiger charge is 2.34. The molecule has 1 fully saturated rings. The van der Waals surface area contributed by atoms with Crippen LogP contribution in [0.15, 0.2) is 35.7 Å². The standard InChI is InChI=1S/C19H21N3O4S/c1-2-26-17(24)9-15-12-27-19(20-15)21-18(25)14-8-16(23)22(11-14)10-13-6-4-3-5-7-13/h3-7,12,14H,2,8-11H2,1H3,(H,20,21,25). The van der Waals surface area contributed by atoms with Gasteiger partial charge in [-0.3, -0.25) is 14.4 Å². The third-order valence-corrected chi connectivity index (χ3v) is 5.02. The molecule has 7 nitrogen and oxygen atoms in total. The van der Waals surface area contributed by atoms with Crippen molar-refractivity contribution in [2.24, 2.45) is 5.92 Å². The molecule has 27 heavy (non-hydrogen) atoms. The largest absolute Gasteiger partial charge is 0.466 e. The molecule has 0 bridgehead atoms. The number of likely N-dealkylation sites (tertiary alicyclic amines) is 1. The van der Waals surface area contributed by atoms with E-state index in [-0.39, 0.29) is 30.6 Å². The number of amides is 2. The molecule has 1 aromatic carbocycles. The predicted octanol–water partition coefficient (Wildman–Crippen LogP) is 2.24. The lowest BCUT2D eigenvalue weighted by molar-refractivity contribution is -0.142. The summed E-state index contributed by atoms with van der Waals surface area (Å²) in [6, 6.07) is 9.70. The number of carbonyl (C=O) groups excluding carboxylic acids is 3. The van der Waals surface area contributed by atoms with Crippen LogP contribution in [0.1, 0.15) is 24.6 Å². The zero-order valence-corrected chi connectivity index (χ0v) is 15.8. The zero-order chi connectivity index (χ0) is 19.2. The molecule has 8 heteroatoms. The molecule has 0 aliphatic carbocycles. The third-order valence-electron chi connectivity index (χ3n) is 4.21. The van der Waals surface area contributed by atoms with Gasteiger partial charge >= 0.3 is 5.97 Å². The van der Waals surface area contributed by atoms with Crippen molar-refractivity contribution in [2.75, 3.05) is 18.5 Å². The number of nitrogens with one attached hydrogen (secondary N) is 1. The van der Waals surface area contributed by atoms with Crippen molar-refractivity contribution in [2.45, 2.75) is 26.3 Å². The number of carbonyl (C=O) groups is 3. The first-order chi connectivity index (χ1) is 13.0. The zero-order valence-electron chi connectivity index (χ0n) is 15.0. The summed E-state index contributed by atoms with van der Waals surface area (Å²) in [5.41, 5.74) is 1.59. The fourth-order valence-electron chi connectivity index (χ4n) is 2.92. The summed E-state index contributed by atoms with van der Waals surface area (Å²) in [5.74, 6) is -1.01. The number of rotatable bonds is 7. The normalized spacial score (nSPS) is 16.4. The Morgan fingerprint density at radius 1 is 1.33 bits per heavy atom. The molecule has 2 aromatic rings. The van der Waals surface area contributed by atoms with E-state index in [9.17, 15) is 14.4 Å². The molecule has 1 aliphatic heterocycles. The number of benzene rings is 1. The molecule has 2 amide bonds. The predicted molar refractivity (Wildman–Crippen MR) is 101 cm³/mol. The molecule has 1 saturated heterocycles. The van der Waals surface area contributed by atoms with Crippen molar-refractivity contribution in [3.63, 3.8) is 0 Å². The van der Waals surface area contributed by atoms with Crippen molar-refractivity contribution < 1.29 is 19.1 Å². The molecule has 0 spiro atoms. The van der Waals surface area contributed by atoms with Gasteiger partial charge in [0.2, 0.25) is 11.8 Å². The van der Waals surface area contributed by atoms with Gasteiger partial charge in [0.15, 0.2) is 5.13 Å². The highest BCUT2D eigenvalue weighted by Crippen LogP contribution is 2.23. The van der Waals surface area contributed by atoms with E-state index < -0.39 is 5.92 Å². The Hall–Kier alpha value is -2.74. The molecule has 2 heterocycles. The molecule has 1 unspecified atom stereocenters. The Balaban J connectivity index is 1.53. The summed E-state index contributed by atoms with van der Waals surface area (Å²) in [4.78, 5) is 42.1. The lowest BCUT2D eigenvalue weighted by Crippen LogP contribution is -2.28. The summed E-state index contributed by atoms with van der Waals surface area (Å²) in [5, 5.41) is 4.89. The van der Waals surface area contributed by atoms with Crippen LogP contribution >= 0.6 is 11.3 Å². The van der Waals surface area contributed by atoms with Crippen molar-refractivity contribution in [3.8, 4) is 0 Å². The number of ether oxygens (including phenoxy) is 1. The number of thiazole rings is 1. The van der Waals surface area contributed by atoms with E-state index in [2.05, 4.69) is 10.3 Å². The van der Waals surface area contributed by atoms with Crippen LogP contribution in [0.4, 0.5) is 5.13 Å². The minimum Gasteiger partial charge on any atom is -0.466 e. The van der Waals surface area contributed by atoms with Gasteiger partial charge in [0.05, 0.1) is 24.6 Å². The van der Waals surface area contributed by atoms with Gasteiger partial charge in [0, 0.05) is 24.9 Å². The highest BCUT2D eigenvalue weighted by atomic mass is 32.1. The second-order valence-electron chi connectivity index (χ2n) is 6.28. The lowest BCUT2D eigenvalue weighted by Gasteiger charge is -2.16. The average Bonchev–Trinajstić information content (AvgIpc) is 3.23. The Morgan fingerprint density at radius 2 is 2.11 bits per heavy atom. The molecule has 1 atom stereocenters. The van der Waals surface area contributed by atoms with Crippen LogP contribution in [-0.4, -0.2) is 40.8 Å². The summed E-state index contributed by atoms with van der Waals surface area (Å²) in [6.45, 7) is 2.96. The number of aromatic nitrogens is 1. The topological polar surface area (TPSA) is 88.6 Å². The van der Waals surface area contributed by atoms with Crippen LogP contribution in [-0.2, 0) is 32.1 Å². The van der Waals surface area contributed by atoms with Gasteiger partial charge in [0.1, 0.15) is 0 Å². The average molecular weight is 387 g/mol. The molecule has 1 aliphatic rings. The van der Waals surface area contributed by atoms with Gasteiger partial charge in [-0.15, -0.1) is 11.3 Å². The van der Waals surface area contributed by atoms with E-state index in [0.717, 1.165) is 5.56 Å². The summed E-state index contributed by atoms with van der Waals surface area (Å²) >= 11 is 1.25. The van der Waals surface area contributed by atoms with Gasteiger partial charge in [-0.25, -0.2) is 4.98 Å². The molecule has 142 valence electrons. The second-order valence-corrected chi connectivity index (χ2v) is 7.13. The van der Waals surface area contributed by atoms with Gasteiger partial charge in [-0.05, 0) is 12.5 Å². The number of hydrogen-bond donors (Lipinski definition) is 1. The molecular formula is C19H21N3O4S. The second kappa shape index (κ2) is 8.77. The maximum Gasteiger partial charge on any atom is 0.311 e. The summed E-state index contributed by atoms with van der Waals surface area (Å²) < 4.78 is 4.89. The molecule has 0 saturated carbocycles. The van der Waals surface area contributed by atoms with Gasteiger partial charge in [-0.2, -0.15) is 0 Å². The summed E-state index contributed by atoms with van der Waals surface area (Å²) in [6.07, 6.45) is 0.271. The van der Waals surface area contributed by atoms with Crippen LogP contribution in [0.25, 0.3) is 0 Å². The SMILES string of the molecule is CCOC(=O)Cc1csc(NC(=O)C2CC(=O)N(Cc3ccccc3)C2)n1. The smallest absolute Gasteiger partial charge is 0.311 e. The number of nitrogens with zero attached hydrogens (tertiary/aromatic N) is 2. The van der Waals surface area contributed by atoms with E-state index in [4.69, 9.17) is 4.74 Å². The third kappa shape index (κ3) is 5.13. The number of anilines is 1. The molecule has 1 aromatic heterocycles. The highest BCUT2D eigenvalue weighted by molar-refractivity contribution is 7.13. The molecular weight excluding hydrogens is 366 g/mol. The van der Waals surface area contributed by atoms with Crippen molar-refractivity contribution in [1.29, 1.82) is 0 Å². The maximum atomic E-state index is 12.5. The van der Waals surface area contributed by atoms with Crippen molar-refractivity contribution in [1.82, 2.24) is 9.88 Å². The molecule has 1 N–H and O–H groups in total. The fourth-order valence-corrected chi connectivity index (χ4v) is 3.63. The fraction of sp³-hybridized carbons (Fsp3) is 0.368. The molecule has 0 radical (unpaired) electrons. The Morgan fingerprint density at radius 3 is 2.85 bits per heavy atom. The van der Waals surface area contributed by atoms with E-state index in [1.165, 1.54) is 11.3 Å². The Bertz CT molecular complexity index is 821. The van der Waals surface area contributed by atoms with Crippen LogP contribution in [0, 0.1) is 5.92 Å². The van der Waals surface area contributed by atoms with Crippen molar-refractivity contribution >= 4 is 34.3 Å². The monoisotopic (exact) mass is 387 g/mol. The van der Waals surface area contributed by atoms with Gasteiger partial charge < -0.3 is 15.0 Å².